The summed E-state index contributed by atoms with van der Waals surface area (Å²) in [6, 6.07) is 5.92. The number of anilines is 1. The van der Waals surface area contributed by atoms with Gasteiger partial charge in [0.25, 0.3) is 0 Å². The molecule has 1 aromatic heterocycles. The Bertz CT molecular complexity index is 699. The van der Waals surface area contributed by atoms with Crippen LogP contribution in [0.3, 0.4) is 0 Å². The zero-order valence-electron chi connectivity index (χ0n) is 12.3. The Morgan fingerprint density at radius 1 is 1.48 bits per heavy atom. The molecule has 0 spiro atoms. The van der Waals surface area contributed by atoms with Crippen molar-refractivity contribution in [2.45, 2.75) is 13.3 Å². The van der Waals surface area contributed by atoms with Gasteiger partial charge in [-0.3, -0.25) is 9.78 Å². The van der Waals surface area contributed by atoms with Crippen LogP contribution in [0.15, 0.2) is 24.4 Å². The molecule has 0 radical (unpaired) electrons. The lowest BCUT2D eigenvalue weighted by atomic mass is 10.1. The highest BCUT2D eigenvalue weighted by molar-refractivity contribution is 5.97. The van der Waals surface area contributed by atoms with E-state index in [0.29, 0.717) is 6.54 Å². The third kappa shape index (κ3) is 2.28. The van der Waals surface area contributed by atoms with E-state index in [1.807, 2.05) is 31.3 Å². The molecule has 2 N–H and O–H groups in total. The molecule has 2 heterocycles. The van der Waals surface area contributed by atoms with Crippen LogP contribution in [-0.4, -0.2) is 31.1 Å². The molecule has 110 valence electrons. The number of rotatable bonds is 3. The number of hydrogen-bond donors (Lipinski definition) is 1. The van der Waals surface area contributed by atoms with E-state index in [9.17, 15) is 4.79 Å². The Morgan fingerprint density at radius 2 is 2.29 bits per heavy atom. The number of aromatic nitrogens is 1. The summed E-state index contributed by atoms with van der Waals surface area (Å²) in [6.07, 6.45) is 2.67. The standard InChI is InChI=1S/C16H19N3O2/c1-10-8-18-14-12(4-3-5-13(14)21-2)15(10)19-7-6-11(9-19)16(17)20/h3-5,8,11H,6-7,9H2,1-2H3,(H2,17,20). The van der Waals surface area contributed by atoms with Crippen LogP contribution >= 0.6 is 0 Å². The molecular weight excluding hydrogens is 266 g/mol. The maximum atomic E-state index is 11.4. The van der Waals surface area contributed by atoms with Crippen LogP contribution in [0.25, 0.3) is 10.9 Å². The first-order valence-corrected chi connectivity index (χ1v) is 7.08. The Morgan fingerprint density at radius 3 is 2.95 bits per heavy atom. The number of amides is 1. The fraction of sp³-hybridized carbons (Fsp3) is 0.375. The maximum Gasteiger partial charge on any atom is 0.222 e. The highest BCUT2D eigenvalue weighted by Crippen LogP contribution is 2.35. The van der Waals surface area contributed by atoms with Gasteiger partial charge in [0.15, 0.2) is 0 Å². The van der Waals surface area contributed by atoms with Crippen LogP contribution in [-0.2, 0) is 4.79 Å². The fourth-order valence-electron chi connectivity index (χ4n) is 3.06. The fourth-order valence-corrected chi connectivity index (χ4v) is 3.06. The van der Waals surface area contributed by atoms with Crippen molar-refractivity contribution in [2.24, 2.45) is 11.7 Å². The molecule has 1 saturated heterocycles. The van der Waals surface area contributed by atoms with Gasteiger partial charge in [0.2, 0.25) is 5.91 Å². The highest BCUT2D eigenvalue weighted by atomic mass is 16.5. The van der Waals surface area contributed by atoms with E-state index in [4.69, 9.17) is 10.5 Å². The first-order chi connectivity index (χ1) is 10.1. The number of hydrogen-bond acceptors (Lipinski definition) is 4. The molecule has 1 fully saturated rings. The van der Waals surface area contributed by atoms with E-state index < -0.39 is 0 Å². The Kier molecular flexibility index (Phi) is 3.41. The normalized spacial score (nSPS) is 18.2. The van der Waals surface area contributed by atoms with E-state index >= 15 is 0 Å². The van der Waals surface area contributed by atoms with Gasteiger partial charge < -0.3 is 15.4 Å². The maximum absolute atomic E-state index is 11.4. The topological polar surface area (TPSA) is 68.5 Å². The Balaban J connectivity index is 2.10. The van der Waals surface area contributed by atoms with Crippen LogP contribution in [0.1, 0.15) is 12.0 Å². The van der Waals surface area contributed by atoms with E-state index in [0.717, 1.165) is 40.9 Å². The van der Waals surface area contributed by atoms with Crippen LogP contribution in [0.5, 0.6) is 5.75 Å². The zero-order chi connectivity index (χ0) is 15.0. The summed E-state index contributed by atoms with van der Waals surface area (Å²) in [7, 11) is 1.65. The number of carbonyl (C=O) groups excluding carboxylic acids is 1. The molecule has 2 aromatic rings. The number of carbonyl (C=O) groups is 1. The van der Waals surface area contributed by atoms with E-state index in [2.05, 4.69) is 9.88 Å². The van der Waals surface area contributed by atoms with Crippen molar-refractivity contribution in [1.29, 1.82) is 0 Å². The molecule has 1 aliphatic rings. The summed E-state index contributed by atoms with van der Waals surface area (Å²) in [5.74, 6) is 0.476. The van der Waals surface area contributed by atoms with Gasteiger partial charge in [0.1, 0.15) is 11.3 Å². The monoisotopic (exact) mass is 285 g/mol. The van der Waals surface area contributed by atoms with Crippen molar-refractivity contribution >= 4 is 22.5 Å². The van der Waals surface area contributed by atoms with Crippen molar-refractivity contribution in [3.05, 3.63) is 30.0 Å². The first-order valence-electron chi connectivity index (χ1n) is 7.08. The molecule has 0 aliphatic carbocycles. The predicted molar refractivity (Wildman–Crippen MR) is 82.5 cm³/mol. The molecule has 5 heteroatoms. The molecule has 0 saturated carbocycles. The van der Waals surface area contributed by atoms with E-state index in [1.54, 1.807) is 7.11 Å². The molecule has 3 rings (SSSR count). The van der Waals surface area contributed by atoms with Crippen LogP contribution in [0.4, 0.5) is 5.69 Å². The summed E-state index contributed by atoms with van der Waals surface area (Å²) in [5.41, 5.74) is 8.51. The number of nitrogens with two attached hydrogens (primary N) is 1. The summed E-state index contributed by atoms with van der Waals surface area (Å²) >= 11 is 0. The second-order valence-electron chi connectivity index (χ2n) is 5.48. The molecule has 21 heavy (non-hydrogen) atoms. The number of fused-ring (bicyclic) bond motifs is 1. The van der Waals surface area contributed by atoms with Crippen molar-refractivity contribution in [3.8, 4) is 5.75 Å². The minimum Gasteiger partial charge on any atom is -0.494 e. The largest absolute Gasteiger partial charge is 0.494 e. The summed E-state index contributed by atoms with van der Waals surface area (Å²) in [4.78, 5) is 18.1. The SMILES string of the molecule is COc1cccc2c(N3CCC(C(N)=O)C3)c(C)cnc12. The first kappa shape index (κ1) is 13.7. The second-order valence-corrected chi connectivity index (χ2v) is 5.48. The molecule has 1 unspecified atom stereocenters. The third-order valence-electron chi connectivity index (χ3n) is 4.14. The van der Waals surface area contributed by atoms with Gasteiger partial charge in [-0.05, 0) is 25.0 Å². The van der Waals surface area contributed by atoms with Gasteiger partial charge in [-0.25, -0.2) is 0 Å². The molecule has 5 nitrogen and oxygen atoms in total. The number of ether oxygens (including phenoxy) is 1. The Hall–Kier alpha value is -2.30. The summed E-state index contributed by atoms with van der Waals surface area (Å²) in [6.45, 7) is 3.55. The summed E-state index contributed by atoms with van der Waals surface area (Å²) < 4.78 is 5.39. The average molecular weight is 285 g/mol. The zero-order valence-corrected chi connectivity index (χ0v) is 12.3. The quantitative estimate of drug-likeness (QED) is 0.934. The van der Waals surface area contributed by atoms with Crippen molar-refractivity contribution in [1.82, 2.24) is 4.98 Å². The lowest BCUT2D eigenvalue weighted by molar-refractivity contribution is -0.121. The minimum atomic E-state index is -0.217. The smallest absolute Gasteiger partial charge is 0.222 e. The number of primary amides is 1. The second kappa shape index (κ2) is 5.24. The third-order valence-corrected chi connectivity index (χ3v) is 4.14. The molecular formula is C16H19N3O2. The van der Waals surface area contributed by atoms with Gasteiger partial charge in [-0.2, -0.15) is 0 Å². The van der Waals surface area contributed by atoms with Gasteiger partial charge >= 0.3 is 0 Å². The van der Waals surface area contributed by atoms with Gasteiger partial charge in [-0.15, -0.1) is 0 Å². The lowest BCUT2D eigenvalue weighted by Crippen LogP contribution is -2.27. The number of aryl methyl sites for hydroxylation is 1. The van der Waals surface area contributed by atoms with Crippen LogP contribution in [0, 0.1) is 12.8 Å². The number of pyridine rings is 1. The summed E-state index contributed by atoms with van der Waals surface area (Å²) in [5, 5.41) is 1.06. The predicted octanol–water partition coefficient (Wildman–Crippen LogP) is 1.86. The van der Waals surface area contributed by atoms with E-state index in [1.165, 1.54) is 0 Å². The molecule has 0 bridgehead atoms. The van der Waals surface area contributed by atoms with Gasteiger partial charge in [-0.1, -0.05) is 12.1 Å². The molecule has 1 amide bonds. The lowest BCUT2D eigenvalue weighted by Gasteiger charge is -2.23. The van der Waals surface area contributed by atoms with Crippen molar-refractivity contribution in [3.63, 3.8) is 0 Å². The molecule has 1 aromatic carbocycles. The number of para-hydroxylation sites is 1. The molecule has 1 atom stereocenters. The highest BCUT2D eigenvalue weighted by Gasteiger charge is 2.28. The Labute approximate surface area is 123 Å². The number of benzene rings is 1. The van der Waals surface area contributed by atoms with Crippen molar-refractivity contribution in [2.75, 3.05) is 25.1 Å². The van der Waals surface area contributed by atoms with Gasteiger partial charge in [0.05, 0.1) is 18.7 Å². The van der Waals surface area contributed by atoms with Crippen LogP contribution < -0.4 is 15.4 Å². The number of nitrogens with zero attached hydrogens (tertiary/aromatic N) is 2. The molecule has 1 aliphatic heterocycles. The average Bonchev–Trinajstić information content (AvgIpc) is 2.96. The van der Waals surface area contributed by atoms with Gasteiger partial charge in [0, 0.05) is 24.7 Å². The van der Waals surface area contributed by atoms with Crippen molar-refractivity contribution < 1.29 is 9.53 Å². The minimum absolute atomic E-state index is 0.0711. The van der Waals surface area contributed by atoms with Crippen LogP contribution in [0.2, 0.25) is 0 Å². The number of methoxy groups -OCH3 is 1. The van der Waals surface area contributed by atoms with E-state index in [-0.39, 0.29) is 11.8 Å².